The van der Waals surface area contributed by atoms with Crippen molar-refractivity contribution in [2.45, 2.75) is 49.8 Å². The largest absolute Gasteiger partial charge is 0.385 e. The monoisotopic (exact) mass is 272 g/mol. The quantitative estimate of drug-likeness (QED) is 0.856. The lowest BCUT2D eigenvalue weighted by atomic mass is 9.73. The Labute approximate surface area is 118 Å². The van der Waals surface area contributed by atoms with Gasteiger partial charge in [-0.25, -0.2) is 9.50 Å². The van der Waals surface area contributed by atoms with E-state index in [4.69, 9.17) is 0 Å². The maximum Gasteiger partial charge on any atom is 0.154 e. The molecule has 2 aliphatic heterocycles. The summed E-state index contributed by atoms with van der Waals surface area (Å²) in [5, 5.41) is 15.4. The highest BCUT2D eigenvalue weighted by molar-refractivity contribution is 5.37. The topological polar surface area (TPSA) is 53.7 Å². The van der Waals surface area contributed by atoms with Gasteiger partial charge in [-0.2, -0.15) is 5.10 Å². The number of aromatic nitrogens is 3. The van der Waals surface area contributed by atoms with Crippen molar-refractivity contribution in [2.24, 2.45) is 0 Å². The highest BCUT2D eigenvalue weighted by Crippen LogP contribution is 2.43. The fourth-order valence-corrected chi connectivity index (χ4v) is 3.94. The molecule has 20 heavy (non-hydrogen) atoms. The number of piperidine rings is 2. The molecular weight excluding hydrogens is 252 g/mol. The lowest BCUT2D eigenvalue weighted by Crippen LogP contribution is -2.55. The third-order valence-electron chi connectivity index (χ3n) is 5.16. The standard InChI is InChI=1S/C15H20N4O/c1-18-12-3-2-4-13(18)8-15(20,7-12)11-9-16-14-5-6-17-19(14)10-11/h5-6,9-10,12-13,20H,2-4,7-8H2,1H3. The molecule has 1 N–H and O–H groups in total. The lowest BCUT2D eigenvalue weighted by Gasteiger charge is -2.50. The summed E-state index contributed by atoms with van der Waals surface area (Å²) in [5.41, 5.74) is 0.972. The fourth-order valence-electron chi connectivity index (χ4n) is 3.94. The van der Waals surface area contributed by atoms with Gasteiger partial charge in [-0.05, 0) is 32.7 Å². The smallest absolute Gasteiger partial charge is 0.154 e. The number of hydrogen-bond acceptors (Lipinski definition) is 4. The number of hydrogen-bond donors (Lipinski definition) is 1. The first-order valence-electron chi connectivity index (χ1n) is 7.40. The molecule has 0 radical (unpaired) electrons. The third-order valence-corrected chi connectivity index (χ3v) is 5.16. The molecule has 2 bridgehead atoms. The van der Waals surface area contributed by atoms with Crippen LogP contribution in [0.2, 0.25) is 0 Å². The van der Waals surface area contributed by atoms with E-state index in [-0.39, 0.29) is 0 Å². The number of nitrogens with zero attached hydrogens (tertiary/aromatic N) is 4. The molecule has 2 aromatic rings. The first kappa shape index (κ1) is 12.3. The fraction of sp³-hybridized carbons (Fsp3) is 0.600. The van der Waals surface area contributed by atoms with Crippen molar-refractivity contribution in [1.82, 2.24) is 19.5 Å². The maximum atomic E-state index is 11.2. The number of rotatable bonds is 1. The summed E-state index contributed by atoms with van der Waals surface area (Å²) >= 11 is 0. The van der Waals surface area contributed by atoms with Gasteiger partial charge in [-0.15, -0.1) is 0 Å². The summed E-state index contributed by atoms with van der Waals surface area (Å²) in [4.78, 5) is 6.86. The maximum absolute atomic E-state index is 11.2. The molecule has 0 spiro atoms. The summed E-state index contributed by atoms with van der Waals surface area (Å²) in [5.74, 6) is 0. The SMILES string of the molecule is CN1C2CCCC1CC(O)(c1cnc3ccnn3c1)C2. The van der Waals surface area contributed by atoms with Gasteiger partial charge < -0.3 is 10.0 Å². The second-order valence-corrected chi connectivity index (χ2v) is 6.32. The predicted octanol–water partition coefficient (Wildman–Crippen LogP) is 1.56. The molecule has 2 unspecified atom stereocenters. The minimum Gasteiger partial charge on any atom is -0.385 e. The number of aliphatic hydroxyl groups is 1. The normalized spacial score (nSPS) is 34.5. The molecule has 5 heteroatoms. The summed E-state index contributed by atoms with van der Waals surface area (Å²) in [6, 6.07) is 2.85. The van der Waals surface area contributed by atoms with Crippen LogP contribution in [0.4, 0.5) is 0 Å². The molecule has 2 saturated heterocycles. The zero-order valence-corrected chi connectivity index (χ0v) is 11.7. The molecule has 2 fully saturated rings. The molecule has 5 nitrogen and oxygen atoms in total. The van der Waals surface area contributed by atoms with Crippen LogP contribution >= 0.6 is 0 Å². The first-order valence-corrected chi connectivity index (χ1v) is 7.40. The van der Waals surface area contributed by atoms with E-state index in [1.807, 2.05) is 18.5 Å². The summed E-state index contributed by atoms with van der Waals surface area (Å²) in [6.45, 7) is 0. The first-order chi connectivity index (χ1) is 9.66. The van der Waals surface area contributed by atoms with Crippen molar-refractivity contribution in [2.75, 3.05) is 7.05 Å². The van der Waals surface area contributed by atoms with Gasteiger partial charge in [0, 0.05) is 36.1 Å². The Hall–Kier alpha value is -1.46. The summed E-state index contributed by atoms with van der Waals surface area (Å²) in [7, 11) is 2.20. The number of fused-ring (bicyclic) bond motifs is 3. The van der Waals surface area contributed by atoms with Crippen molar-refractivity contribution in [3.63, 3.8) is 0 Å². The van der Waals surface area contributed by atoms with Gasteiger partial charge >= 0.3 is 0 Å². The molecule has 0 aliphatic carbocycles. The molecular formula is C15H20N4O. The van der Waals surface area contributed by atoms with E-state index in [0.29, 0.717) is 12.1 Å². The Bertz CT molecular complexity index is 624. The Morgan fingerprint density at radius 3 is 2.80 bits per heavy atom. The zero-order valence-electron chi connectivity index (χ0n) is 11.7. The van der Waals surface area contributed by atoms with Crippen LogP contribution in [0, 0.1) is 0 Å². The Morgan fingerprint density at radius 2 is 2.05 bits per heavy atom. The third kappa shape index (κ3) is 1.77. The lowest BCUT2D eigenvalue weighted by molar-refractivity contribution is -0.0878. The van der Waals surface area contributed by atoms with Crippen molar-refractivity contribution >= 4 is 5.65 Å². The van der Waals surface area contributed by atoms with Gasteiger partial charge in [0.1, 0.15) is 0 Å². The Morgan fingerprint density at radius 1 is 1.30 bits per heavy atom. The van der Waals surface area contributed by atoms with Crippen LogP contribution in [0.25, 0.3) is 5.65 Å². The van der Waals surface area contributed by atoms with E-state index < -0.39 is 5.60 Å². The van der Waals surface area contributed by atoms with Crippen LogP contribution in [-0.2, 0) is 5.60 Å². The van der Waals surface area contributed by atoms with Crippen molar-refractivity contribution in [1.29, 1.82) is 0 Å². The van der Waals surface area contributed by atoms with E-state index >= 15 is 0 Å². The van der Waals surface area contributed by atoms with Gasteiger partial charge in [0.2, 0.25) is 0 Å². The van der Waals surface area contributed by atoms with E-state index in [1.54, 1.807) is 10.7 Å². The van der Waals surface area contributed by atoms with Gasteiger partial charge in [0.05, 0.1) is 11.8 Å². The molecule has 2 atom stereocenters. The van der Waals surface area contributed by atoms with Gasteiger partial charge in [-0.1, -0.05) is 6.42 Å². The Balaban J connectivity index is 1.72. The second kappa shape index (κ2) is 4.27. The molecule has 2 aliphatic rings. The van der Waals surface area contributed by atoms with E-state index in [2.05, 4.69) is 22.0 Å². The molecule has 2 aromatic heterocycles. The van der Waals surface area contributed by atoms with Gasteiger partial charge in [0.15, 0.2) is 5.65 Å². The van der Waals surface area contributed by atoms with Gasteiger partial charge in [-0.3, -0.25) is 0 Å². The highest BCUT2D eigenvalue weighted by atomic mass is 16.3. The molecule has 4 rings (SSSR count). The second-order valence-electron chi connectivity index (χ2n) is 6.32. The molecule has 106 valence electrons. The van der Waals surface area contributed by atoms with Crippen LogP contribution in [-0.4, -0.2) is 43.7 Å². The van der Waals surface area contributed by atoms with Crippen molar-refractivity contribution in [3.05, 3.63) is 30.2 Å². The van der Waals surface area contributed by atoms with E-state index in [9.17, 15) is 5.11 Å². The highest BCUT2D eigenvalue weighted by Gasteiger charge is 2.45. The zero-order chi connectivity index (χ0) is 13.7. The van der Waals surface area contributed by atoms with E-state index in [1.165, 1.54) is 19.3 Å². The van der Waals surface area contributed by atoms with Crippen molar-refractivity contribution < 1.29 is 5.11 Å². The predicted molar refractivity (Wildman–Crippen MR) is 75.3 cm³/mol. The molecule has 0 aromatic carbocycles. The van der Waals surface area contributed by atoms with Crippen LogP contribution in [0.1, 0.15) is 37.7 Å². The minimum absolute atomic E-state index is 0.487. The van der Waals surface area contributed by atoms with Crippen LogP contribution < -0.4 is 0 Å². The van der Waals surface area contributed by atoms with E-state index in [0.717, 1.165) is 24.1 Å². The minimum atomic E-state index is -0.755. The van der Waals surface area contributed by atoms with Crippen LogP contribution in [0.15, 0.2) is 24.7 Å². The summed E-state index contributed by atoms with van der Waals surface area (Å²) in [6.07, 6.45) is 10.7. The average molecular weight is 272 g/mol. The average Bonchev–Trinajstić information content (AvgIpc) is 2.88. The summed E-state index contributed by atoms with van der Waals surface area (Å²) < 4.78 is 1.75. The van der Waals surface area contributed by atoms with Crippen LogP contribution in [0.3, 0.4) is 0 Å². The van der Waals surface area contributed by atoms with Crippen molar-refractivity contribution in [3.8, 4) is 0 Å². The van der Waals surface area contributed by atoms with Crippen LogP contribution in [0.5, 0.6) is 0 Å². The molecule has 4 heterocycles. The van der Waals surface area contributed by atoms with Gasteiger partial charge in [0.25, 0.3) is 0 Å². The Kier molecular flexibility index (Phi) is 2.62. The molecule has 0 saturated carbocycles. The molecule has 0 amide bonds.